The Kier molecular flexibility index (Phi) is 28.4. The van der Waals surface area contributed by atoms with Crippen molar-refractivity contribution in [1.82, 2.24) is 36.0 Å². The van der Waals surface area contributed by atoms with Gasteiger partial charge in [-0.05, 0) is 116 Å². The summed E-state index contributed by atoms with van der Waals surface area (Å²) in [6.07, 6.45) is 10.2. The molecule has 4 N–H and O–H groups in total. The zero-order chi connectivity index (χ0) is 49.9. The molecule has 0 spiro atoms. The summed E-state index contributed by atoms with van der Waals surface area (Å²) in [5.74, 6) is -2.39. The Hall–Kier alpha value is -2.98. The van der Waals surface area contributed by atoms with Crippen molar-refractivity contribution >= 4 is 105 Å². The molecule has 0 bridgehead atoms. The Morgan fingerprint density at radius 2 is 1.23 bits per heavy atom. The second kappa shape index (κ2) is 32.4. The Morgan fingerprint density at radius 3 is 1.62 bits per heavy atom. The third-order valence-corrected chi connectivity index (χ3v) is 12.4. The molecule has 71 heavy (non-hydrogen) atoms. The average Bonchev–Trinajstić information content (AvgIpc) is 4.21. The molecule has 9 rings (SSSR count). The van der Waals surface area contributed by atoms with Gasteiger partial charge < -0.3 is 26.7 Å². The van der Waals surface area contributed by atoms with E-state index >= 15 is 0 Å². The van der Waals surface area contributed by atoms with Gasteiger partial charge in [0.25, 0.3) is 18.3 Å². The number of imide groups is 2. The number of likely N-dealkylation sites (tertiary alicyclic amines) is 2. The van der Waals surface area contributed by atoms with Crippen molar-refractivity contribution in [3.05, 3.63) is 69.0 Å². The van der Waals surface area contributed by atoms with Crippen molar-refractivity contribution in [3.8, 4) is 11.5 Å². The molecule has 28 heteroatoms. The predicted octanol–water partition coefficient (Wildman–Crippen LogP) is -1.96. The summed E-state index contributed by atoms with van der Waals surface area (Å²) in [6, 6.07) is 7.38. The maximum atomic E-state index is 13.7. The molecule has 2 aromatic carbocycles. The molecule has 0 aromatic heterocycles. The third kappa shape index (κ3) is 20.0. The minimum Gasteiger partial charge on any atom is -1.00 e. The standard InChI is InChI=1S/C19H19FN4O4S.C14H14FN3O2S.C5H6ClNO2.C4H7NO.CH2O3.2K.H/c20-13-6-5-12(14(11-13)28-19(27)23-8-3-4-16(23)25)10-15-17(26)22-18(29-15)24-9-2-1-7-21-24;15-10-4-3-9(11(19)8-10)7-12-13(20)17-14(21-12)18-6-2-1-5-16-18;6-5(9)7-3-1-2-4(7)8;6-4-2-1-3-5-4;2-1-4-3;;;/h5-6,10-11,21H,1-4,7-9H2;3-4,7-8,16,19H,1-2,5-6H2;1-3H2;1-3H2,(H,5,6);1,3H;;;/q;;;;;2*+1;-1/p-1/b15-10+;12-7-;;;;;;. The van der Waals surface area contributed by atoms with E-state index in [1.807, 2.05) is 10.0 Å². The zero-order valence-electron chi connectivity index (χ0n) is 39.8. The van der Waals surface area contributed by atoms with E-state index in [-0.39, 0.29) is 159 Å². The summed E-state index contributed by atoms with van der Waals surface area (Å²) >= 11 is 7.50. The number of thioether (sulfide) groups is 2. The van der Waals surface area contributed by atoms with Gasteiger partial charge in [0.05, 0.1) is 9.81 Å². The van der Waals surface area contributed by atoms with Crippen molar-refractivity contribution < 1.29 is 171 Å². The second-order valence-electron chi connectivity index (χ2n) is 15.1. The van der Waals surface area contributed by atoms with E-state index in [1.54, 1.807) is 0 Å². The molecule has 372 valence electrons. The minimum atomic E-state index is -0.849. The number of benzene rings is 2. The number of aromatic hydroxyl groups is 1. The Labute approximate surface area is 506 Å². The van der Waals surface area contributed by atoms with E-state index in [0.29, 0.717) is 50.7 Å². The first-order valence-electron chi connectivity index (χ1n) is 21.5. The van der Waals surface area contributed by atoms with Crippen LogP contribution in [-0.4, -0.2) is 129 Å². The van der Waals surface area contributed by atoms with Gasteiger partial charge in [-0.3, -0.25) is 48.5 Å². The number of amidine groups is 2. The normalized spacial score (nSPS) is 19.3. The number of rotatable bonds is 4. The fourth-order valence-electron chi connectivity index (χ4n) is 6.76. The maximum Gasteiger partial charge on any atom is 1.00 e. The molecule has 2 aromatic rings. The molecule has 21 nitrogen and oxygen atoms in total. The van der Waals surface area contributed by atoms with Crippen molar-refractivity contribution in [2.75, 3.05) is 45.8 Å². The summed E-state index contributed by atoms with van der Waals surface area (Å²) in [7, 11) is 0. The predicted molar refractivity (Wildman–Crippen MR) is 248 cm³/mol. The van der Waals surface area contributed by atoms with Crippen LogP contribution < -0.4 is 129 Å². The number of phenolic OH excluding ortho intramolecular Hbond substituents is 1. The van der Waals surface area contributed by atoms with E-state index in [0.717, 1.165) is 99.6 Å². The number of hydrogen-bond donors (Lipinski definition) is 4. The maximum absolute atomic E-state index is 13.7. The van der Waals surface area contributed by atoms with Gasteiger partial charge in [0.2, 0.25) is 17.7 Å². The van der Waals surface area contributed by atoms with Gasteiger partial charge in [-0.2, -0.15) is 9.98 Å². The minimum absolute atomic E-state index is 0. The van der Waals surface area contributed by atoms with Gasteiger partial charge in [-0.15, -0.1) is 0 Å². The topological polar surface area (TPSA) is 272 Å². The van der Waals surface area contributed by atoms with E-state index < -0.39 is 29.0 Å². The summed E-state index contributed by atoms with van der Waals surface area (Å²) < 4.78 is 32.0. The average molecular weight is 1100 g/mol. The number of amides is 7. The van der Waals surface area contributed by atoms with E-state index in [9.17, 15) is 47.4 Å². The number of carbonyl (C=O) groups excluding carboxylic acids is 8. The van der Waals surface area contributed by atoms with Gasteiger partial charge in [0.15, 0.2) is 10.3 Å². The number of aliphatic imine (C=N–C) groups is 2. The molecule has 7 aliphatic rings. The molecule has 0 unspecified atom stereocenters. The molecular weight excluding hydrogens is 1050 g/mol. The van der Waals surface area contributed by atoms with Crippen LogP contribution in [-0.2, 0) is 33.7 Å². The van der Waals surface area contributed by atoms with E-state index in [4.69, 9.17) is 26.4 Å². The molecule has 7 amide bonds. The quantitative estimate of drug-likeness (QED) is 0.0492. The summed E-state index contributed by atoms with van der Waals surface area (Å²) in [4.78, 5) is 102. The molecule has 5 fully saturated rings. The van der Waals surface area contributed by atoms with Crippen LogP contribution in [0.4, 0.5) is 18.4 Å². The van der Waals surface area contributed by atoms with Crippen LogP contribution in [0.3, 0.4) is 0 Å². The summed E-state index contributed by atoms with van der Waals surface area (Å²) in [5.41, 5.74) is 7.13. The smallest absolute Gasteiger partial charge is 1.00 e. The Morgan fingerprint density at radius 1 is 0.718 bits per heavy atom. The number of carbonyl (C=O) groups is 8. The number of phenols is 1. The number of nitrogens with one attached hydrogen (secondary N) is 3. The van der Waals surface area contributed by atoms with Crippen LogP contribution in [0.15, 0.2) is 56.2 Å². The molecule has 7 heterocycles. The molecule has 0 radical (unpaired) electrons. The van der Waals surface area contributed by atoms with Crippen LogP contribution in [0.25, 0.3) is 12.2 Å². The zero-order valence-corrected chi connectivity index (χ0v) is 47.4. The summed E-state index contributed by atoms with van der Waals surface area (Å²) in [6.45, 7) is 4.73. The van der Waals surface area contributed by atoms with Crippen LogP contribution in [0, 0.1) is 11.6 Å². The fraction of sp³-hybridized carbons (Fsp3) is 0.395. The van der Waals surface area contributed by atoms with Crippen molar-refractivity contribution in [2.24, 2.45) is 9.98 Å². The first-order valence-corrected chi connectivity index (χ1v) is 23.5. The molecule has 0 atom stereocenters. The number of hydrogen-bond acceptors (Lipinski definition) is 18. The van der Waals surface area contributed by atoms with Gasteiger partial charge >= 0.3 is 114 Å². The van der Waals surface area contributed by atoms with Gasteiger partial charge in [-0.1, -0.05) is 0 Å². The molecule has 0 saturated carbocycles. The molecule has 5 saturated heterocycles. The Bertz CT molecular complexity index is 2410. The monoisotopic (exact) mass is 1100 g/mol. The fourth-order valence-corrected chi connectivity index (χ4v) is 8.76. The number of nitrogens with zero attached hydrogens (tertiary/aromatic N) is 6. The van der Waals surface area contributed by atoms with Crippen LogP contribution in [0.1, 0.15) is 76.8 Å². The first-order chi connectivity index (χ1) is 33.2. The number of hydrazine groups is 2. The number of ether oxygens (including phenoxy) is 1. The van der Waals surface area contributed by atoms with Gasteiger partial charge in [0.1, 0.15) is 23.1 Å². The van der Waals surface area contributed by atoms with E-state index in [1.165, 1.54) is 59.9 Å². The SMILES string of the molecule is O=C(Cl)N1CCCC1=O.O=C1CCCN1.O=C1N=C(N2CCCCN2)S/C1=C/c1ccc(F)cc1OC(=O)N1CCCC1=O.O=C1N=C(N2CCCCN2)S/C1=C\c1ccc(F)cc1O.O=CO[O-].[H-].[K+].[K+]. The summed E-state index contributed by atoms with van der Waals surface area (Å²) in [5, 5.41) is 25.0. The van der Waals surface area contributed by atoms with Crippen LogP contribution in [0.5, 0.6) is 11.5 Å². The molecule has 0 aliphatic carbocycles. The molecular formula is C43H48ClF2K2N9O12S2. The Balaban J connectivity index is 0.000000358. The van der Waals surface area contributed by atoms with Crippen LogP contribution >= 0.6 is 35.1 Å². The largest absolute Gasteiger partial charge is 1.00 e. The van der Waals surface area contributed by atoms with Gasteiger partial charge in [-0.25, -0.2) is 29.3 Å². The second-order valence-corrected chi connectivity index (χ2v) is 17.4. The van der Waals surface area contributed by atoms with Crippen molar-refractivity contribution in [1.29, 1.82) is 0 Å². The molecule has 7 aliphatic heterocycles. The van der Waals surface area contributed by atoms with Crippen molar-refractivity contribution in [3.63, 3.8) is 0 Å². The van der Waals surface area contributed by atoms with E-state index in [2.05, 4.69) is 31.0 Å². The van der Waals surface area contributed by atoms with Gasteiger partial charge in [0, 0.05) is 88.3 Å². The van der Waals surface area contributed by atoms with Crippen LogP contribution in [0.2, 0.25) is 0 Å². The first kappa shape index (κ1) is 62.3. The third-order valence-electron chi connectivity index (χ3n) is 10.2. The number of halogens is 3. The van der Waals surface area contributed by atoms with Crippen molar-refractivity contribution in [2.45, 2.75) is 64.2 Å².